The molecule has 0 bridgehead atoms. The Kier molecular flexibility index (Phi) is 6.59. The highest BCUT2D eigenvalue weighted by Gasteiger charge is 2.28. The minimum absolute atomic E-state index is 0.0678. The number of hydrogen-bond donors (Lipinski definition) is 0. The van der Waals surface area contributed by atoms with E-state index in [4.69, 9.17) is 4.74 Å². The van der Waals surface area contributed by atoms with Gasteiger partial charge in [0.2, 0.25) is 0 Å². The summed E-state index contributed by atoms with van der Waals surface area (Å²) in [5.74, 6) is -1.61. The number of hydrogen-bond acceptors (Lipinski definition) is 5. The number of likely N-dealkylation sites (tertiary alicyclic amines) is 1. The van der Waals surface area contributed by atoms with Crippen molar-refractivity contribution < 1.29 is 28.2 Å². The van der Waals surface area contributed by atoms with Crippen LogP contribution in [-0.2, 0) is 20.9 Å². The average Bonchev–Trinajstić information content (AvgIpc) is 2.77. The standard InChI is InChI=1S/C22H22FNO5/c1-28-21(26)18-4-2-3-15(13-18)14-29-22(27)17-9-11-24(12-10-17)20(25)16-5-7-19(23)8-6-16/h2-8,13,17H,9-12,14H2,1H3. The van der Waals surface area contributed by atoms with Crippen LogP contribution in [0.25, 0.3) is 0 Å². The number of rotatable bonds is 5. The van der Waals surface area contributed by atoms with Crippen molar-refractivity contribution in [1.29, 1.82) is 0 Å². The Balaban J connectivity index is 1.49. The third-order valence-corrected chi connectivity index (χ3v) is 4.94. The van der Waals surface area contributed by atoms with Crippen LogP contribution in [0.4, 0.5) is 4.39 Å². The van der Waals surface area contributed by atoms with Crippen molar-refractivity contribution >= 4 is 17.8 Å². The molecule has 0 spiro atoms. The van der Waals surface area contributed by atoms with E-state index in [1.54, 1.807) is 29.2 Å². The number of piperidine rings is 1. The summed E-state index contributed by atoms with van der Waals surface area (Å²) in [6.07, 6.45) is 1.02. The molecule has 0 saturated carbocycles. The minimum Gasteiger partial charge on any atom is -0.465 e. The maximum atomic E-state index is 13.0. The van der Waals surface area contributed by atoms with Crippen LogP contribution in [0.3, 0.4) is 0 Å². The fourth-order valence-corrected chi connectivity index (χ4v) is 3.27. The largest absolute Gasteiger partial charge is 0.465 e. The van der Waals surface area contributed by atoms with Gasteiger partial charge in [-0.25, -0.2) is 9.18 Å². The number of methoxy groups -OCH3 is 1. The first kappa shape index (κ1) is 20.5. The predicted molar refractivity (Wildman–Crippen MR) is 103 cm³/mol. The van der Waals surface area contributed by atoms with Gasteiger partial charge in [-0.3, -0.25) is 9.59 Å². The van der Waals surface area contributed by atoms with Gasteiger partial charge >= 0.3 is 11.9 Å². The van der Waals surface area contributed by atoms with Crippen LogP contribution < -0.4 is 0 Å². The topological polar surface area (TPSA) is 72.9 Å². The Labute approximate surface area is 168 Å². The van der Waals surface area contributed by atoms with Gasteiger partial charge in [-0.15, -0.1) is 0 Å². The molecule has 0 aliphatic carbocycles. The van der Waals surface area contributed by atoms with E-state index < -0.39 is 5.97 Å². The summed E-state index contributed by atoms with van der Waals surface area (Å²) in [4.78, 5) is 38.1. The Morgan fingerprint density at radius 3 is 2.38 bits per heavy atom. The van der Waals surface area contributed by atoms with Gasteiger partial charge < -0.3 is 14.4 Å². The van der Waals surface area contributed by atoms with Gasteiger partial charge in [-0.2, -0.15) is 0 Å². The Morgan fingerprint density at radius 2 is 1.72 bits per heavy atom. The fourth-order valence-electron chi connectivity index (χ4n) is 3.27. The molecule has 2 aromatic rings. The van der Waals surface area contributed by atoms with Gasteiger partial charge in [0.1, 0.15) is 12.4 Å². The van der Waals surface area contributed by atoms with E-state index in [1.807, 2.05) is 0 Å². The molecule has 1 aliphatic rings. The predicted octanol–water partition coefficient (Wildman–Crippen LogP) is 3.21. The number of halogens is 1. The SMILES string of the molecule is COC(=O)c1cccc(COC(=O)C2CCN(C(=O)c3ccc(F)cc3)CC2)c1. The van der Waals surface area contributed by atoms with Crippen molar-refractivity contribution in [3.05, 3.63) is 71.0 Å². The van der Waals surface area contributed by atoms with E-state index in [1.165, 1.54) is 31.4 Å². The lowest BCUT2D eigenvalue weighted by molar-refractivity contribution is -0.151. The molecule has 0 atom stereocenters. The molecule has 1 amide bonds. The highest BCUT2D eigenvalue weighted by atomic mass is 19.1. The van der Waals surface area contributed by atoms with Crippen molar-refractivity contribution in [3.63, 3.8) is 0 Å². The van der Waals surface area contributed by atoms with Gasteiger partial charge in [0.05, 0.1) is 18.6 Å². The zero-order chi connectivity index (χ0) is 20.8. The third kappa shape index (κ3) is 5.19. The first-order valence-electron chi connectivity index (χ1n) is 9.36. The molecule has 1 fully saturated rings. The van der Waals surface area contributed by atoms with Gasteiger partial charge in [-0.1, -0.05) is 12.1 Å². The van der Waals surface area contributed by atoms with Crippen LogP contribution in [0, 0.1) is 11.7 Å². The highest BCUT2D eigenvalue weighted by molar-refractivity contribution is 5.94. The molecule has 1 heterocycles. The Morgan fingerprint density at radius 1 is 1.03 bits per heavy atom. The minimum atomic E-state index is -0.448. The summed E-state index contributed by atoms with van der Waals surface area (Å²) in [6.45, 7) is 0.944. The van der Waals surface area contributed by atoms with Crippen LogP contribution in [-0.4, -0.2) is 42.9 Å². The summed E-state index contributed by atoms with van der Waals surface area (Å²) >= 11 is 0. The molecule has 152 valence electrons. The van der Waals surface area contributed by atoms with E-state index in [0.717, 1.165) is 0 Å². The lowest BCUT2D eigenvalue weighted by atomic mass is 9.96. The molecule has 2 aromatic carbocycles. The molecule has 1 saturated heterocycles. The van der Waals surface area contributed by atoms with E-state index in [0.29, 0.717) is 42.6 Å². The van der Waals surface area contributed by atoms with Gasteiger partial charge in [-0.05, 0) is 54.8 Å². The third-order valence-electron chi connectivity index (χ3n) is 4.94. The molecular weight excluding hydrogens is 377 g/mol. The summed E-state index contributed by atoms with van der Waals surface area (Å²) < 4.78 is 23.1. The van der Waals surface area contributed by atoms with Crippen LogP contribution in [0.2, 0.25) is 0 Å². The molecule has 0 radical (unpaired) electrons. The number of carbonyl (C=O) groups is 3. The zero-order valence-electron chi connectivity index (χ0n) is 16.1. The molecule has 0 unspecified atom stereocenters. The molecule has 0 aromatic heterocycles. The van der Waals surface area contributed by atoms with E-state index in [-0.39, 0.29) is 30.2 Å². The van der Waals surface area contributed by atoms with Crippen LogP contribution in [0.15, 0.2) is 48.5 Å². The van der Waals surface area contributed by atoms with Crippen molar-refractivity contribution in [2.24, 2.45) is 5.92 Å². The first-order valence-corrected chi connectivity index (χ1v) is 9.36. The second kappa shape index (κ2) is 9.32. The lowest BCUT2D eigenvalue weighted by Crippen LogP contribution is -2.40. The summed E-state index contributed by atoms with van der Waals surface area (Å²) in [5, 5.41) is 0. The van der Waals surface area contributed by atoms with Crippen molar-refractivity contribution in [1.82, 2.24) is 4.90 Å². The number of carbonyl (C=O) groups excluding carboxylic acids is 3. The molecule has 0 N–H and O–H groups in total. The molecule has 6 nitrogen and oxygen atoms in total. The molecular formula is C22H22FNO5. The molecule has 3 rings (SSSR count). The summed E-state index contributed by atoms with van der Waals surface area (Å²) in [6, 6.07) is 12.2. The van der Waals surface area contributed by atoms with Crippen molar-refractivity contribution in [3.8, 4) is 0 Å². The Bertz CT molecular complexity index is 888. The molecule has 29 heavy (non-hydrogen) atoms. The fraction of sp³-hybridized carbons (Fsp3) is 0.318. The maximum absolute atomic E-state index is 13.0. The first-order chi connectivity index (χ1) is 14.0. The van der Waals surface area contributed by atoms with Gasteiger partial charge in [0, 0.05) is 18.7 Å². The average molecular weight is 399 g/mol. The van der Waals surface area contributed by atoms with Crippen molar-refractivity contribution in [2.75, 3.05) is 20.2 Å². The van der Waals surface area contributed by atoms with E-state index in [2.05, 4.69) is 4.74 Å². The lowest BCUT2D eigenvalue weighted by Gasteiger charge is -2.31. The zero-order valence-corrected chi connectivity index (χ0v) is 16.1. The van der Waals surface area contributed by atoms with Crippen molar-refractivity contribution in [2.45, 2.75) is 19.4 Å². The molecule has 1 aliphatic heterocycles. The van der Waals surface area contributed by atoms with Crippen LogP contribution in [0.1, 0.15) is 39.1 Å². The number of esters is 2. The maximum Gasteiger partial charge on any atom is 0.337 e. The van der Waals surface area contributed by atoms with Crippen LogP contribution >= 0.6 is 0 Å². The number of nitrogens with zero attached hydrogens (tertiary/aromatic N) is 1. The number of ether oxygens (including phenoxy) is 2. The monoisotopic (exact) mass is 399 g/mol. The number of amides is 1. The number of benzene rings is 2. The Hall–Kier alpha value is -3.22. The van der Waals surface area contributed by atoms with Gasteiger partial charge in [0.15, 0.2) is 0 Å². The summed E-state index contributed by atoms with van der Waals surface area (Å²) in [7, 11) is 1.31. The van der Waals surface area contributed by atoms with E-state index in [9.17, 15) is 18.8 Å². The second-order valence-electron chi connectivity index (χ2n) is 6.87. The van der Waals surface area contributed by atoms with Crippen LogP contribution in [0.5, 0.6) is 0 Å². The highest BCUT2D eigenvalue weighted by Crippen LogP contribution is 2.21. The normalized spacial score (nSPS) is 14.3. The second-order valence-corrected chi connectivity index (χ2v) is 6.87. The summed E-state index contributed by atoms with van der Waals surface area (Å²) in [5.41, 5.74) is 1.52. The van der Waals surface area contributed by atoms with E-state index >= 15 is 0 Å². The smallest absolute Gasteiger partial charge is 0.337 e. The quantitative estimate of drug-likeness (QED) is 0.722. The van der Waals surface area contributed by atoms with Gasteiger partial charge in [0.25, 0.3) is 5.91 Å². The molecule has 7 heteroatoms.